The van der Waals surface area contributed by atoms with Gasteiger partial charge in [0.15, 0.2) is 11.5 Å². The first kappa shape index (κ1) is 22.1. The largest absolute Gasteiger partial charge is 0.493 e. The number of benzene rings is 2. The van der Waals surface area contributed by atoms with Gasteiger partial charge in [0.05, 0.1) is 36.2 Å². The molecule has 0 radical (unpaired) electrons. The van der Waals surface area contributed by atoms with E-state index in [1.165, 1.54) is 39.3 Å². The minimum atomic E-state index is -3.78. The van der Waals surface area contributed by atoms with Crippen molar-refractivity contribution in [3.05, 3.63) is 46.4 Å². The molecule has 0 fully saturated rings. The lowest BCUT2D eigenvalue weighted by atomic mass is 10.2. The minimum Gasteiger partial charge on any atom is -0.493 e. The Balaban J connectivity index is 2.33. The molecule has 0 heterocycles. The summed E-state index contributed by atoms with van der Waals surface area (Å²) in [5.41, 5.74) is 0.656. The number of ether oxygens (including phenoxy) is 2. The number of halogens is 2. The molecule has 10 heteroatoms. The van der Waals surface area contributed by atoms with Crippen molar-refractivity contribution in [2.45, 2.75) is 13.0 Å². The predicted molar refractivity (Wildman–Crippen MR) is 111 cm³/mol. The molecular formula is C18H20Cl2N2O5S. The molecule has 0 saturated heterocycles. The molecule has 2 rings (SSSR count). The zero-order valence-electron chi connectivity index (χ0n) is 15.7. The fraction of sp³-hybridized carbons (Fsp3) is 0.278. The summed E-state index contributed by atoms with van der Waals surface area (Å²) >= 11 is 11.9. The molecule has 0 bridgehead atoms. The van der Waals surface area contributed by atoms with Gasteiger partial charge in [-0.05, 0) is 37.3 Å². The molecule has 0 aliphatic rings. The molecule has 2 aromatic carbocycles. The van der Waals surface area contributed by atoms with E-state index < -0.39 is 22.0 Å². The number of methoxy groups -OCH3 is 2. The molecule has 1 amide bonds. The molecule has 0 aromatic heterocycles. The third-order valence-electron chi connectivity index (χ3n) is 3.90. The molecule has 152 valence electrons. The molecule has 1 N–H and O–H groups in total. The number of hydrogen-bond acceptors (Lipinski definition) is 5. The molecule has 28 heavy (non-hydrogen) atoms. The Morgan fingerprint density at radius 2 is 1.68 bits per heavy atom. The Morgan fingerprint density at radius 3 is 2.21 bits per heavy atom. The Morgan fingerprint density at radius 1 is 1.04 bits per heavy atom. The molecule has 2 aromatic rings. The van der Waals surface area contributed by atoms with E-state index in [1.54, 1.807) is 18.2 Å². The second kappa shape index (κ2) is 8.89. The maximum absolute atomic E-state index is 12.7. The summed E-state index contributed by atoms with van der Waals surface area (Å²) in [6, 6.07) is 8.12. The summed E-state index contributed by atoms with van der Waals surface area (Å²) in [5.74, 6) is 0.392. The number of sulfonamides is 1. The van der Waals surface area contributed by atoms with Gasteiger partial charge in [-0.2, -0.15) is 0 Å². The maximum Gasteiger partial charge on any atom is 0.247 e. The summed E-state index contributed by atoms with van der Waals surface area (Å²) < 4.78 is 36.0. The quantitative estimate of drug-likeness (QED) is 0.698. The standard InChI is InChI=1S/C18H20Cl2N2O5S/c1-11(18(23)21-12-5-8-16(26-2)17(9-12)27-3)22(28(4,24)25)13-6-7-14(19)15(20)10-13/h5-11H,1-4H3,(H,21,23). The van der Waals surface area contributed by atoms with Crippen molar-refractivity contribution < 1.29 is 22.7 Å². The average Bonchev–Trinajstić information content (AvgIpc) is 2.63. The van der Waals surface area contributed by atoms with Crippen molar-refractivity contribution in [2.75, 3.05) is 30.1 Å². The summed E-state index contributed by atoms with van der Waals surface area (Å²) in [6.45, 7) is 1.47. The zero-order chi connectivity index (χ0) is 21.1. The van der Waals surface area contributed by atoms with Crippen LogP contribution >= 0.6 is 23.2 Å². The van der Waals surface area contributed by atoms with E-state index in [1.807, 2.05) is 0 Å². The van der Waals surface area contributed by atoms with E-state index in [0.717, 1.165) is 10.6 Å². The van der Waals surface area contributed by atoms with Crippen molar-refractivity contribution in [1.29, 1.82) is 0 Å². The summed E-state index contributed by atoms with van der Waals surface area (Å²) in [7, 11) is -0.808. The molecule has 0 saturated carbocycles. The molecule has 1 unspecified atom stereocenters. The van der Waals surface area contributed by atoms with E-state index in [4.69, 9.17) is 32.7 Å². The van der Waals surface area contributed by atoms with E-state index in [2.05, 4.69) is 5.32 Å². The van der Waals surface area contributed by atoms with Gasteiger partial charge in [0, 0.05) is 11.8 Å². The predicted octanol–water partition coefficient (Wildman–Crippen LogP) is 3.80. The number of carbonyl (C=O) groups excluding carboxylic acids is 1. The Kier molecular flexibility index (Phi) is 7.03. The van der Waals surface area contributed by atoms with Crippen LogP contribution in [0.15, 0.2) is 36.4 Å². The third-order valence-corrected chi connectivity index (χ3v) is 5.88. The normalized spacial score (nSPS) is 12.2. The lowest BCUT2D eigenvalue weighted by molar-refractivity contribution is -0.116. The van der Waals surface area contributed by atoms with Crippen LogP contribution in [0.3, 0.4) is 0 Å². The topological polar surface area (TPSA) is 84.9 Å². The van der Waals surface area contributed by atoms with Gasteiger partial charge in [0.1, 0.15) is 6.04 Å². The number of amides is 1. The highest BCUT2D eigenvalue weighted by Crippen LogP contribution is 2.31. The number of nitrogens with zero attached hydrogens (tertiary/aromatic N) is 1. The smallest absolute Gasteiger partial charge is 0.247 e. The molecule has 0 aliphatic carbocycles. The van der Waals surface area contributed by atoms with Gasteiger partial charge in [-0.1, -0.05) is 23.2 Å². The number of nitrogens with one attached hydrogen (secondary N) is 1. The second-order valence-corrected chi connectivity index (χ2v) is 8.57. The van der Waals surface area contributed by atoms with Crippen LogP contribution in [0.5, 0.6) is 11.5 Å². The molecule has 0 aliphatic heterocycles. The number of anilines is 2. The fourth-order valence-electron chi connectivity index (χ4n) is 2.59. The summed E-state index contributed by atoms with van der Waals surface area (Å²) in [4.78, 5) is 12.7. The van der Waals surface area contributed by atoms with Crippen LogP contribution in [0.2, 0.25) is 10.0 Å². The van der Waals surface area contributed by atoms with Gasteiger partial charge in [0.25, 0.3) is 0 Å². The number of hydrogen-bond donors (Lipinski definition) is 1. The van der Waals surface area contributed by atoms with Gasteiger partial charge in [-0.15, -0.1) is 0 Å². The Labute approximate surface area is 174 Å². The van der Waals surface area contributed by atoms with Crippen molar-refractivity contribution in [3.8, 4) is 11.5 Å². The van der Waals surface area contributed by atoms with Crippen molar-refractivity contribution in [1.82, 2.24) is 0 Å². The lowest BCUT2D eigenvalue weighted by Crippen LogP contribution is -2.45. The van der Waals surface area contributed by atoms with Crippen molar-refractivity contribution in [3.63, 3.8) is 0 Å². The highest BCUT2D eigenvalue weighted by atomic mass is 35.5. The fourth-order valence-corrected chi connectivity index (χ4v) is 4.05. The van der Waals surface area contributed by atoms with Gasteiger partial charge < -0.3 is 14.8 Å². The molecule has 0 spiro atoms. The van der Waals surface area contributed by atoms with Gasteiger partial charge >= 0.3 is 0 Å². The Bertz CT molecular complexity index is 982. The first-order valence-electron chi connectivity index (χ1n) is 8.05. The average molecular weight is 447 g/mol. The summed E-state index contributed by atoms with van der Waals surface area (Å²) in [5, 5.41) is 3.14. The monoisotopic (exact) mass is 446 g/mol. The highest BCUT2D eigenvalue weighted by molar-refractivity contribution is 7.92. The van der Waals surface area contributed by atoms with Gasteiger partial charge in [-0.3, -0.25) is 9.10 Å². The summed E-state index contributed by atoms with van der Waals surface area (Å²) in [6.07, 6.45) is 1.01. The Hall–Kier alpha value is -2.16. The lowest BCUT2D eigenvalue weighted by Gasteiger charge is -2.28. The van der Waals surface area contributed by atoms with Crippen molar-refractivity contribution in [2.24, 2.45) is 0 Å². The zero-order valence-corrected chi connectivity index (χ0v) is 18.0. The van der Waals surface area contributed by atoms with Gasteiger partial charge in [0.2, 0.25) is 15.9 Å². The first-order valence-corrected chi connectivity index (χ1v) is 10.7. The molecule has 1 atom stereocenters. The molecular weight excluding hydrogens is 427 g/mol. The van der Waals surface area contributed by atoms with Crippen LogP contribution in [0.25, 0.3) is 0 Å². The van der Waals surface area contributed by atoms with Crippen LogP contribution in [0.4, 0.5) is 11.4 Å². The number of carbonyl (C=O) groups is 1. The van der Waals surface area contributed by atoms with Crippen LogP contribution in [0.1, 0.15) is 6.92 Å². The van der Waals surface area contributed by atoms with E-state index in [0.29, 0.717) is 17.2 Å². The van der Waals surface area contributed by atoms with Gasteiger partial charge in [-0.25, -0.2) is 8.42 Å². The van der Waals surface area contributed by atoms with Crippen LogP contribution < -0.4 is 19.1 Å². The van der Waals surface area contributed by atoms with Crippen LogP contribution in [0, 0.1) is 0 Å². The van der Waals surface area contributed by atoms with Crippen molar-refractivity contribution >= 4 is 50.5 Å². The number of rotatable bonds is 7. The SMILES string of the molecule is COc1ccc(NC(=O)C(C)N(c2ccc(Cl)c(Cl)c2)S(C)(=O)=O)cc1OC. The highest BCUT2D eigenvalue weighted by Gasteiger charge is 2.29. The second-order valence-electron chi connectivity index (χ2n) is 5.89. The van der Waals surface area contributed by atoms with Crippen LogP contribution in [-0.2, 0) is 14.8 Å². The maximum atomic E-state index is 12.7. The first-order chi connectivity index (χ1) is 13.1. The third kappa shape index (κ3) is 5.01. The van der Waals surface area contributed by atoms with Crippen LogP contribution in [-0.4, -0.2) is 40.8 Å². The molecule has 7 nitrogen and oxygen atoms in total. The van der Waals surface area contributed by atoms with E-state index in [9.17, 15) is 13.2 Å². The minimum absolute atomic E-state index is 0.181. The van der Waals surface area contributed by atoms with E-state index in [-0.39, 0.29) is 15.7 Å². The van der Waals surface area contributed by atoms with E-state index >= 15 is 0 Å².